The molecular formula is C9H17BO. The molecule has 2 heteroatoms. The predicted octanol–water partition coefficient (Wildman–Crippen LogP) is 1.95. The number of ether oxygens (including phenoxy) is 1. The molecule has 0 aromatic heterocycles. The van der Waals surface area contributed by atoms with Gasteiger partial charge in [0.25, 0.3) is 0 Å². The normalized spacial score (nSPS) is 44.6. The molecular weight excluding hydrogens is 135 g/mol. The van der Waals surface area contributed by atoms with Crippen LogP contribution in [0.5, 0.6) is 0 Å². The SMILES string of the molecule is [B][C@@H]1OC(CC)[C@H](C)C1CC. The van der Waals surface area contributed by atoms with E-state index in [1.54, 1.807) is 0 Å². The van der Waals surface area contributed by atoms with Crippen molar-refractivity contribution in [3.63, 3.8) is 0 Å². The Morgan fingerprint density at radius 2 is 1.91 bits per heavy atom. The monoisotopic (exact) mass is 152 g/mol. The summed E-state index contributed by atoms with van der Waals surface area (Å²) in [6.07, 6.45) is 2.62. The molecule has 0 aromatic rings. The second-order valence-corrected chi connectivity index (χ2v) is 3.48. The fourth-order valence-corrected chi connectivity index (χ4v) is 2.07. The van der Waals surface area contributed by atoms with Gasteiger partial charge in [-0.25, -0.2) is 0 Å². The Morgan fingerprint density at radius 1 is 1.27 bits per heavy atom. The van der Waals surface area contributed by atoms with E-state index < -0.39 is 0 Å². The van der Waals surface area contributed by atoms with Crippen molar-refractivity contribution in [3.8, 4) is 0 Å². The van der Waals surface area contributed by atoms with Crippen LogP contribution in [-0.2, 0) is 4.74 Å². The Labute approximate surface area is 70.9 Å². The molecule has 1 heterocycles. The van der Waals surface area contributed by atoms with Gasteiger partial charge in [-0.3, -0.25) is 0 Å². The van der Waals surface area contributed by atoms with Gasteiger partial charge < -0.3 is 4.74 Å². The average Bonchev–Trinajstić information content (AvgIpc) is 2.26. The first-order valence-corrected chi connectivity index (χ1v) is 4.61. The lowest BCUT2D eigenvalue weighted by Gasteiger charge is -2.16. The highest BCUT2D eigenvalue weighted by molar-refractivity contribution is 6.11. The zero-order valence-corrected chi connectivity index (χ0v) is 7.71. The van der Waals surface area contributed by atoms with Gasteiger partial charge in [0.05, 0.1) is 6.10 Å². The topological polar surface area (TPSA) is 9.23 Å². The van der Waals surface area contributed by atoms with Gasteiger partial charge in [0.1, 0.15) is 7.85 Å². The van der Waals surface area contributed by atoms with E-state index in [9.17, 15) is 0 Å². The highest BCUT2D eigenvalue weighted by atomic mass is 16.5. The molecule has 1 aliphatic rings. The lowest BCUT2D eigenvalue weighted by Crippen LogP contribution is -2.18. The molecule has 2 radical (unpaired) electrons. The highest BCUT2D eigenvalue weighted by Crippen LogP contribution is 2.34. The van der Waals surface area contributed by atoms with Gasteiger partial charge in [-0.1, -0.05) is 27.2 Å². The molecule has 1 nitrogen and oxygen atoms in total. The zero-order chi connectivity index (χ0) is 8.43. The van der Waals surface area contributed by atoms with Crippen LogP contribution in [0.3, 0.4) is 0 Å². The molecule has 1 saturated heterocycles. The lowest BCUT2D eigenvalue weighted by molar-refractivity contribution is 0.0692. The first-order valence-electron chi connectivity index (χ1n) is 4.61. The van der Waals surface area contributed by atoms with Crippen LogP contribution >= 0.6 is 0 Å². The third-order valence-electron chi connectivity index (χ3n) is 2.89. The Bertz CT molecular complexity index is 127. The summed E-state index contributed by atoms with van der Waals surface area (Å²) in [5, 5.41) is 0. The molecule has 0 bridgehead atoms. The molecule has 0 saturated carbocycles. The van der Waals surface area contributed by atoms with E-state index >= 15 is 0 Å². The zero-order valence-electron chi connectivity index (χ0n) is 7.71. The van der Waals surface area contributed by atoms with Gasteiger partial charge in [0, 0.05) is 6.00 Å². The Morgan fingerprint density at radius 3 is 2.18 bits per heavy atom. The minimum Gasteiger partial charge on any atom is -0.384 e. The molecule has 0 aromatic carbocycles. The van der Waals surface area contributed by atoms with Crippen molar-refractivity contribution in [2.24, 2.45) is 11.8 Å². The molecule has 1 fully saturated rings. The van der Waals surface area contributed by atoms with Crippen LogP contribution in [-0.4, -0.2) is 20.0 Å². The van der Waals surface area contributed by atoms with Crippen molar-refractivity contribution >= 4 is 7.85 Å². The van der Waals surface area contributed by atoms with E-state index in [-0.39, 0.29) is 6.00 Å². The summed E-state index contributed by atoms with van der Waals surface area (Å²) in [5.41, 5.74) is 0. The Hall–Kier alpha value is 0.0249. The quantitative estimate of drug-likeness (QED) is 0.549. The van der Waals surface area contributed by atoms with Gasteiger partial charge in [0.15, 0.2) is 0 Å². The number of hydrogen-bond acceptors (Lipinski definition) is 1. The van der Waals surface area contributed by atoms with E-state index in [4.69, 9.17) is 12.6 Å². The van der Waals surface area contributed by atoms with Gasteiger partial charge in [-0.15, -0.1) is 0 Å². The highest BCUT2D eigenvalue weighted by Gasteiger charge is 2.36. The maximum absolute atomic E-state index is 5.82. The fraction of sp³-hybridized carbons (Fsp3) is 1.00. The van der Waals surface area contributed by atoms with Crippen LogP contribution < -0.4 is 0 Å². The standard InChI is InChI=1S/C9H17BO/c1-4-7-6(3)8(5-2)11-9(7)10/h6-9H,4-5H2,1-3H3/t6-,7?,8?,9-/m1/s1. The van der Waals surface area contributed by atoms with Gasteiger partial charge in [-0.2, -0.15) is 0 Å². The second kappa shape index (κ2) is 3.62. The van der Waals surface area contributed by atoms with Crippen LogP contribution in [0.25, 0.3) is 0 Å². The summed E-state index contributed by atoms with van der Waals surface area (Å²) >= 11 is 0. The minimum absolute atomic E-state index is 0.0139. The lowest BCUT2D eigenvalue weighted by atomic mass is 9.78. The van der Waals surface area contributed by atoms with Crippen LogP contribution in [0.2, 0.25) is 0 Å². The number of hydrogen-bond donors (Lipinski definition) is 0. The van der Waals surface area contributed by atoms with Crippen LogP contribution in [0, 0.1) is 11.8 Å². The Kier molecular flexibility index (Phi) is 3.00. The van der Waals surface area contributed by atoms with E-state index in [0.29, 0.717) is 17.9 Å². The fourth-order valence-electron chi connectivity index (χ4n) is 2.07. The molecule has 0 N–H and O–H groups in total. The summed E-state index contributed by atoms with van der Waals surface area (Å²) in [4.78, 5) is 0. The summed E-state index contributed by atoms with van der Waals surface area (Å²) in [6, 6.07) is -0.0139. The first-order chi connectivity index (χ1) is 5.20. The molecule has 0 spiro atoms. The van der Waals surface area contributed by atoms with E-state index in [1.165, 1.54) is 0 Å². The van der Waals surface area contributed by atoms with E-state index in [0.717, 1.165) is 12.8 Å². The summed E-state index contributed by atoms with van der Waals surface area (Å²) in [7, 11) is 5.82. The van der Waals surface area contributed by atoms with Gasteiger partial charge in [0.2, 0.25) is 0 Å². The second-order valence-electron chi connectivity index (χ2n) is 3.48. The summed E-state index contributed by atoms with van der Waals surface area (Å²) in [5.74, 6) is 1.21. The Balaban J connectivity index is 2.55. The molecule has 2 unspecified atom stereocenters. The molecule has 1 rings (SSSR count). The minimum atomic E-state index is -0.0139. The molecule has 4 atom stereocenters. The maximum atomic E-state index is 5.82. The average molecular weight is 152 g/mol. The third kappa shape index (κ3) is 1.61. The van der Waals surface area contributed by atoms with Crippen molar-refractivity contribution in [1.82, 2.24) is 0 Å². The molecule has 0 amide bonds. The van der Waals surface area contributed by atoms with Gasteiger partial charge >= 0.3 is 0 Å². The van der Waals surface area contributed by atoms with Crippen molar-refractivity contribution in [2.45, 2.75) is 45.7 Å². The third-order valence-corrected chi connectivity index (χ3v) is 2.89. The molecule has 62 valence electrons. The van der Waals surface area contributed by atoms with Crippen molar-refractivity contribution in [3.05, 3.63) is 0 Å². The summed E-state index contributed by atoms with van der Waals surface area (Å²) < 4.78 is 5.60. The van der Waals surface area contributed by atoms with Crippen LogP contribution in [0.15, 0.2) is 0 Å². The van der Waals surface area contributed by atoms with Gasteiger partial charge in [-0.05, 0) is 18.3 Å². The van der Waals surface area contributed by atoms with E-state index in [2.05, 4.69) is 20.8 Å². The van der Waals surface area contributed by atoms with Crippen molar-refractivity contribution < 1.29 is 4.74 Å². The largest absolute Gasteiger partial charge is 0.384 e. The van der Waals surface area contributed by atoms with Crippen LogP contribution in [0.4, 0.5) is 0 Å². The molecule has 11 heavy (non-hydrogen) atoms. The van der Waals surface area contributed by atoms with Crippen molar-refractivity contribution in [1.29, 1.82) is 0 Å². The smallest absolute Gasteiger partial charge is 0.109 e. The maximum Gasteiger partial charge on any atom is 0.109 e. The number of rotatable bonds is 2. The predicted molar refractivity (Wildman–Crippen MR) is 47.7 cm³/mol. The van der Waals surface area contributed by atoms with Crippen molar-refractivity contribution in [2.75, 3.05) is 0 Å². The first kappa shape index (κ1) is 9.12. The van der Waals surface area contributed by atoms with Crippen LogP contribution in [0.1, 0.15) is 33.6 Å². The summed E-state index contributed by atoms with van der Waals surface area (Å²) in [6.45, 7) is 6.59. The van der Waals surface area contributed by atoms with E-state index in [1.807, 2.05) is 0 Å². The molecule has 1 aliphatic heterocycles. The molecule has 0 aliphatic carbocycles.